The number of fused-ring (bicyclic) bond motifs is 4. The van der Waals surface area contributed by atoms with Crippen LogP contribution in [-0.2, 0) is 36.5 Å². The first-order valence-electron chi connectivity index (χ1n) is 20.3. The molecule has 0 atom stereocenters. The predicted octanol–water partition coefficient (Wildman–Crippen LogP) is 11.8. The molecule has 2 aromatic heterocycles. The fourth-order valence-electron chi connectivity index (χ4n) is 8.68. The van der Waals surface area contributed by atoms with Gasteiger partial charge in [-0.15, -0.1) is 29.7 Å². The van der Waals surface area contributed by atoms with E-state index in [2.05, 4.69) is 119 Å². The van der Waals surface area contributed by atoms with E-state index in [1.165, 1.54) is 34.7 Å². The molecular formula is C52H49N2O2PPtSi. The van der Waals surface area contributed by atoms with Gasteiger partial charge in [0, 0.05) is 33.8 Å². The zero-order valence-electron chi connectivity index (χ0n) is 34.7. The van der Waals surface area contributed by atoms with Gasteiger partial charge in [-0.3, -0.25) is 0 Å². The average molecular weight is 988 g/mol. The van der Waals surface area contributed by atoms with Crippen molar-refractivity contribution in [2.45, 2.75) is 71.0 Å². The number of aromatic nitrogens is 2. The maximum atomic E-state index is 15.2. The van der Waals surface area contributed by atoms with Gasteiger partial charge in [0.05, 0.1) is 8.07 Å². The molecule has 4 nitrogen and oxygen atoms in total. The fraction of sp³-hybridized carbons (Fsp3) is 0.212. The minimum atomic E-state index is -3.24. The molecule has 1 aliphatic rings. The molecule has 3 heterocycles. The Morgan fingerprint density at radius 2 is 1.39 bits per heavy atom. The van der Waals surface area contributed by atoms with Crippen LogP contribution in [0.1, 0.15) is 52.2 Å². The van der Waals surface area contributed by atoms with Crippen molar-refractivity contribution in [3.8, 4) is 28.4 Å². The number of nitrogens with zero attached hydrogens (tertiary/aromatic N) is 2. The van der Waals surface area contributed by atoms with Crippen molar-refractivity contribution in [3.63, 3.8) is 0 Å². The summed E-state index contributed by atoms with van der Waals surface area (Å²) >= 11 is 0. The van der Waals surface area contributed by atoms with Gasteiger partial charge in [-0.25, -0.2) is 4.98 Å². The Balaban J connectivity index is 0.00000484. The molecule has 1 aliphatic heterocycles. The van der Waals surface area contributed by atoms with Gasteiger partial charge in [0.15, 0.2) is 0 Å². The number of hydrogen-bond acceptors (Lipinski definition) is 3. The van der Waals surface area contributed by atoms with Crippen molar-refractivity contribution in [2.75, 3.05) is 0 Å². The van der Waals surface area contributed by atoms with Gasteiger partial charge in [0.1, 0.15) is 13.0 Å². The second-order valence-electron chi connectivity index (χ2n) is 18.1. The Morgan fingerprint density at radius 1 is 0.729 bits per heavy atom. The summed E-state index contributed by atoms with van der Waals surface area (Å²) in [6.07, 6.45) is 3.16. The topological polar surface area (TPSA) is 44.1 Å². The van der Waals surface area contributed by atoms with E-state index >= 15 is 4.57 Å². The number of ether oxygens (including phenoxy) is 1. The monoisotopic (exact) mass is 987 g/mol. The third kappa shape index (κ3) is 7.41. The smallest absolute Gasteiger partial charge is 0.509 e. The second kappa shape index (κ2) is 15.3. The van der Waals surface area contributed by atoms with Gasteiger partial charge in [-0.1, -0.05) is 161 Å². The van der Waals surface area contributed by atoms with Crippen LogP contribution in [-0.4, -0.2) is 17.6 Å². The van der Waals surface area contributed by atoms with Crippen LogP contribution in [0.2, 0.25) is 19.1 Å². The van der Waals surface area contributed by atoms with E-state index in [0.29, 0.717) is 16.8 Å². The minimum absolute atomic E-state index is 0. The molecule has 0 N–H and O–H groups in total. The first-order chi connectivity index (χ1) is 27.7. The van der Waals surface area contributed by atoms with E-state index in [9.17, 15) is 0 Å². The van der Waals surface area contributed by atoms with Crippen molar-refractivity contribution < 1.29 is 30.4 Å². The van der Waals surface area contributed by atoms with Crippen LogP contribution >= 0.6 is 7.14 Å². The maximum absolute atomic E-state index is 15.2. The van der Waals surface area contributed by atoms with E-state index in [-0.39, 0.29) is 31.9 Å². The minimum Gasteiger partial charge on any atom is -0.509 e. The molecule has 6 aromatic carbocycles. The quantitative estimate of drug-likeness (QED) is 0.0908. The van der Waals surface area contributed by atoms with Crippen molar-refractivity contribution in [2.24, 2.45) is 0 Å². The largest absolute Gasteiger partial charge is 2.00 e. The van der Waals surface area contributed by atoms with Crippen LogP contribution in [0.5, 0.6) is 11.5 Å². The van der Waals surface area contributed by atoms with Gasteiger partial charge in [0.2, 0.25) is 0 Å². The second-order valence-corrected chi connectivity index (χ2v) is 25.7. The molecule has 0 aliphatic carbocycles. The Labute approximate surface area is 364 Å². The fourth-order valence-corrected chi connectivity index (χ4v) is 14.5. The summed E-state index contributed by atoms with van der Waals surface area (Å²) in [5.74, 6) is 1.84. The molecule has 0 saturated carbocycles. The molecule has 0 unspecified atom stereocenters. The van der Waals surface area contributed by atoms with Gasteiger partial charge in [0.25, 0.3) is 0 Å². The first-order valence-corrected chi connectivity index (χ1v) is 25.2. The molecule has 59 heavy (non-hydrogen) atoms. The summed E-state index contributed by atoms with van der Waals surface area (Å²) in [4.78, 5) is 4.93. The zero-order valence-corrected chi connectivity index (χ0v) is 38.9. The van der Waals surface area contributed by atoms with Gasteiger partial charge in [-0.2, -0.15) is 18.2 Å². The molecule has 0 spiro atoms. The molecule has 7 heteroatoms. The Bertz CT molecular complexity index is 2850. The Hall–Kier alpha value is -4.79. The summed E-state index contributed by atoms with van der Waals surface area (Å²) in [5, 5.41) is 5.88. The average Bonchev–Trinajstić information content (AvgIpc) is 3.55. The van der Waals surface area contributed by atoms with Gasteiger partial charge >= 0.3 is 21.1 Å². The molecule has 298 valence electrons. The summed E-state index contributed by atoms with van der Waals surface area (Å²) in [7, 11) is -4.80. The van der Waals surface area contributed by atoms with Crippen LogP contribution in [0, 0.1) is 12.1 Å². The van der Waals surface area contributed by atoms with E-state index in [0.717, 1.165) is 38.2 Å². The molecule has 9 rings (SSSR count). The maximum Gasteiger partial charge on any atom is 2.00 e. The number of rotatable bonds is 7. The first kappa shape index (κ1) is 41.0. The molecule has 8 aromatic rings. The molecule has 0 saturated heterocycles. The SMILES string of the molecule is CC(C)(C)c1ccnc(-n2c3[c-]c(Oc4[c-]c(P(=O)(c5ccccc5)c5ccccc5)ccc4)ccc3c3cc(-c4ccc5c(c4)[Si](C)(C)CCC5(C)C)ccc32)c1.[Pt+2]. The third-order valence-corrected chi connectivity index (χ3v) is 18.6. The van der Waals surface area contributed by atoms with Crippen LogP contribution in [0.4, 0.5) is 0 Å². The summed E-state index contributed by atoms with van der Waals surface area (Å²) in [5.41, 5.74) is 7.25. The zero-order chi connectivity index (χ0) is 40.5. The van der Waals surface area contributed by atoms with Crippen molar-refractivity contribution >= 4 is 58.1 Å². The van der Waals surface area contributed by atoms with Crippen LogP contribution in [0.3, 0.4) is 0 Å². The summed E-state index contributed by atoms with van der Waals surface area (Å²) in [6, 6.07) is 55.8. The molecule has 0 radical (unpaired) electrons. The standard InChI is InChI=1S/C52H49N2O2PSi.Pt/c1-51(2,3)38-27-29-53-50(33-38)54-47-26-22-36(37-21-25-46-49(32-37)58(6,7)30-28-52(46,4)5)31-45(47)44-24-23-40(35-48(44)54)56-39-15-14-20-43(34-39)57(55,41-16-10-8-11-17-41)42-18-12-9-13-19-42;/h8-27,29,31-33H,28,30H2,1-7H3;/q-2;+2. The van der Waals surface area contributed by atoms with Crippen LogP contribution in [0.25, 0.3) is 38.8 Å². The third-order valence-electron chi connectivity index (χ3n) is 12.2. The van der Waals surface area contributed by atoms with E-state index in [1.54, 1.807) is 5.19 Å². The number of hydrogen-bond donors (Lipinski definition) is 0. The van der Waals surface area contributed by atoms with Crippen LogP contribution in [0.15, 0.2) is 146 Å². The van der Waals surface area contributed by atoms with E-state index in [1.807, 2.05) is 91.1 Å². The van der Waals surface area contributed by atoms with Crippen LogP contribution < -0.4 is 25.8 Å². The molecule has 0 amide bonds. The molecular weight excluding hydrogens is 939 g/mol. The molecule has 0 fully saturated rings. The predicted molar refractivity (Wildman–Crippen MR) is 246 cm³/mol. The Morgan fingerprint density at radius 3 is 2.08 bits per heavy atom. The van der Waals surface area contributed by atoms with Gasteiger partial charge in [-0.05, 0) is 63.1 Å². The van der Waals surface area contributed by atoms with Crippen molar-refractivity contribution in [3.05, 3.63) is 169 Å². The molecule has 0 bridgehead atoms. The van der Waals surface area contributed by atoms with Crippen molar-refractivity contribution in [1.29, 1.82) is 0 Å². The normalized spacial score (nSPS) is 14.8. The summed E-state index contributed by atoms with van der Waals surface area (Å²) in [6.45, 7) is 16.5. The van der Waals surface area contributed by atoms with E-state index in [4.69, 9.17) is 9.72 Å². The number of benzene rings is 6. The summed E-state index contributed by atoms with van der Waals surface area (Å²) < 4.78 is 23.9. The van der Waals surface area contributed by atoms with Gasteiger partial charge < -0.3 is 13.9 Å². The van der Waals surface area contributed by atoms with E-state index < -0.39 is 15.2 Å². The van der Waals surface area contributed by atoms with Crippen molar-refractivity contribution in [1.82, 2.24) is 9.55 Å². The number of pyridine rings is 1. The Kier molecular flexibility index (Phi) is 10.7.